The van der Waals surface area contributed by atoms with Crippen molar-refractivity contribution >= 4 is 43.2 Å². The molecule has 1 aromatic heterocycles. The lowest BCUT2D eigenvalue weighted by Crippen LogP contribution is -2.45. The van der Waals surface area contributed by atoms with Gasteiger partial charge in [-0.1, -0.05) is 26.8 Å². The van der Waals surface area contributed by atoms with Crippen molar-refractivity contribution in [3.8, 4) is 5.75 Å². The number of anilines is 4. The molecule has 1 aliphatic rings. The Morgan fingerprint density at radius 3 is 2.40 bits per heavy atom. The number of non-ortho nitro benzene ring substituents is 1. The van der Waals surface area contributed by atoms with Crippen molar-refractivity contribution < 1.29 is 32.4 Å². The summed E-state index contributed by atoms with van der Waals surface area (Å²) < 4.78 is 47.8. The summed E-state index contributed by atoms with van der Waals surface area (Å²) >= 11 is 0. The molecular weight excluding hydrogens is 630 g/mol. The van der Waals surface area contributed by atoms with E-state index in [1.807, 2.05) is 0 Å². The summed E-state index contributed by atoms with van der Waals surface area (Å²) in [5, 5.41) is 16.6. The summed E-state index contributed by atoms with van der Waals surface area (Å²) in [6, 6.07) is 9.28. The molecule has 1 aliphatic heterocycles. The molecule has 47 heavy (non-hydrogen) atoms. The Morgan fingerprint density at radius 2 is 1.77 bits per heavy atom. The highest BCUT2D eigenvalue weighted by Crippen LogP contribution is 2.39. The van der Waals surface area contributed by atoms with E-state index < -0.39 is 42.6 Å². The quantitative estimate of drug-likeness (QED) is 0.124. The first-order valence-corrected chi connectivity index (χ1v) is 18.1. The monoisotopic (exact) mass is 672 g/mol. The van der Waals surface area contributed by atoms with Gasteiger partial charge < -0.3 is 24.5 Å². The highest BCUT2D eigenvalue weighted by molar-refractivity contribution is 6.74. The van der Waals surface area contributed by atoms with Crippen molar-refractivity contribution in [3.05, 3.63) is 70.4 Å². The Balaban J connectivity index is 1.44. The first-order valence-electron chi connectivity index (χ1n) is 15.2. The number of benzene rings is 2. The highest BCUT2D eigenvalue weighted by atomic mass is 28.4. The molecule has 3 aromatic rings. The van der Waals surface area contributed by atoms with Gasteiger partial charge in [-0.15, -0.1) is 0 Å². The molecule has 254 valence electrons. The van der Waals surface area contributed by atoms with Crippen LogP contribution in [0.5, 0.6) is 5.75 Å². The fourth-order valence-corrected chi connectivity index (χ4v) is 5.97. The number of likely N-dealkylation sites (tertiary alicyclic amines) is 1. The zero-order valence-corrected chi connectivity index (χ0v) is 28.9. The number of hydrogen-bond donors (Lipinski definition) is 2. The van der Waals surface area contributed by atoms with Crippen LogP contribution in [0.25, 0.3) is 0 Å². The minimum absolute atomic E-state index is 0.0145. The number of hydrogen-bond acceptors (Lipinski definition) is 10. The lowest BCUT2D eigenvalue weighted by molar-refractivity contribution is -0.384. The summed E-state index contributed by atoms with van der Waals surface area (Å²) in [6.45, 7) is 16.5. The first kappa shape index (κ1) is 35.5. The van der Waals surface area contributed by atoms with E-state index in [-0.39, 0.29) is 52.3 Å². The van der Waals surface area contributed by atoms with Gasteiger partial charge in [-0.3, -0.25) is 15.0 Å². The van der Waals surface area contributed by atoms with E-state index in [1.165, 1.54) is 36.4 Å². The lowest BCUT2D eigenvalue weighted by atomic mass is 10.2. The summed E-state index contributed by atoms with van der Waals surface area (Å²) in [6.07, 6.45) is 0.747. The van der Waals surface area contributed by atoms with Crippen LogP contribution in [-0.4, -0.2) is 65.1 Å². The van der Waals surface area contributed by atoms with Crippen molar-refractivity contribution in [3.63, 3.8) is 0 Å². The minimum atomic E-state index is -2.12. The topological polar surface area (TPSA) is 141 Å². The largest absolute Gasteiger partial charge is 0.488 e. The van der Waals surface area contributed by atoms with Crippen molar-refractivity contribution in [2.45, 2.75) is 83.8 Å². The normalized spacial score (nSPS) is 16.9. The van der Waals surface area contributed by atoms with Gasteiger partial charge in [0.05, 0.1) is 23.3 Å². The van der Waals surface area contributed by atoms with Crippen molar-refractivity contribution in [2.24, 2.45) is 0 Å². The molecule has 0 aliphatic carbocycles. The number of ether oxygens (including phenoxy) is 2. The Labute approximate surface area is 274 Å². The van der Waals surface area contributed by atoms with Crippen LogP contribution in [0, 0.1) is 21.7 Å². The van der Waals surface area contributed by atoms with Gasteiger partial charge >= 0.3 is 6.09 Å². The smallest absolute Gasteiger partial charge is 0.410 e. The standard InChI is InChI=1S/C32H42F2N6O6Si/c1-31(2,3)45-30(41)39-18-24(46-47(7,8)32(4,5)6)16-23(39)19-44-27-13-12-21(15-25(27)33)37-29-35-17-26(34)28(38-29)36-20-10-9-11-22(14-20)40(42)43/h9-15,17,23-24H,16,18-19H2,1-8H3,(H2,35,36,37,38)/t23-,24+/m0/s1. The van der Waals surface area contributed by atoms with Crippen LogP contribution in [0.2, 0.25) is 18.1 Å². The third kappa shape index (κ3) is 9.35. The van der Waals surface area contributed by atoms with Crippen LogP contribution in [0.15, 0.2) is 48.7 Å². The Hall–Kier alpha value is -4.37. The van der Waals surface area contributed by atoms with Gasteiger partial charge in [0.25, 0.3) is 5.69 Å². The maximum absolute atomic E-state index is 15.2. The number of rotatable bonds is 10. The van der Waals surface area contributed by atoms with E-state index in [0.717, 1.165) is 6.20 Å². The number of nitro benzene ring substituents is 1. The maximum Gasteiger partial charge on any atom is 0.410 e. The van der Waals surface area contributed by atoms with Gasteiger partial charge in [0.1, 0.15) is 12.2 Å². The SMILES string of the molecule is CC(C)(C)OC(=O)N1C[C@H](O[Si](C)(C)C(C)(C)C)C[C@H]1COc1ccc(Nc2ncc(F)c(Nc3cccc([N+](=O)[O-])c3)n2)cc1F. The van der Waals surface area contributed by atoms with Crippen LogP contribution < -0.4 is 15.4 Å². The van der Waals surface area contributed by atoms with E-state index in [9.17, 15) is 19.3 Å². The molecule has 0 radical (unpaired) electrons. The van der Waals surface area contributed by atoms with E-state index >= 15 is 4.39 Å². The molecule has 2 aromatic carbocycles. The summed E-state index contributed by atoms with van der Waals surface area (Å²) in [5.41, 5.74) is -0.351. The van der Waals surface area contributed by atoms with Crippen LogP contribution >= 0.6 is 0 Å². The molecular formula is C32H42F2N6O6Si. The van der Waals surface area contributed by atoms with Crippen molar-refractivity contribution in [1.82, 2.24) is 14.9 Å². The molecule has 0 saturated carbocycles. The molecule has 2 N–H and O–H groups in total. The second kappa shape index (κ2) is 13.8. The van der Waals surface area contributed by atoms with Gasteiger partial charge in [0.15, 0.2) is 31.5 Å². The Bertz CT molecular complexity index is 1610. The molecule has 1 fully saturated rings. The van der Waals surface area contributed by atoms with Gasteiger partial charge in [0, 0.05) is 36.1 Å². The minimum Gasteiger partial charge on any atom is -0.488 e. The number of halogens is 2. The molecule has 1 amide bonds. The average Bonchev–Trinajstić information content (AvgIpc) is 3.35. The Morgan fingerprint density at radius 1 is 1.06 bits per heavy atom. The van der Waals surface area contributed by atoms with Crippen molar-refractivity contribution in [1.29, 1.82) is 0 Å². The number of aromatic nitrogens is 2. The molecule has 12 nitrogen and oxygen atoms in total. The number of nitro groups is 1. The summed E-state index contributed by atoms with van der Waals surface area (Å²) in [5.74, 6) is -1.77. The highest BCUT2D eigenvalue weighted by Gasteiger charge is 2.44. The van der Waals surface area contributed by atoms with Gasteiger partial charge in [-0.25, -0.2) is 18.6 Å². The molecule has 15 heteroatoms. The number of nitrogens with zero attached hydrogens (tertiary/aromatic N) is 4. The summed E-state index contributed by atoms with van der Waals surface area (Å²) in [7, 11) is -2.12. The summed E-state index contributed by atoms with van der Waals surface area (Å²) in [4.78, 5) is 33.2. The van der Waals surface area contributed by atoms with E-state index in [2.05, 4.69) is 54.5 Å². The number of carbonyl (C=O) groups excluding carboxylic acids is 1. The number of nitrogens with one attached hydrogen (secondary N) is 2. The predicted molar refractivity (Wildman–Crippen MR) is 177 cm³/mol. The van der Waals surface area contributed by atoms with Crippen LogP contribution in [0.4, 0.5) is 42.4 Å². The molecule has 4 rings (SSSR count). The maximum atomic E-state index is 15.2. The van der Waals surface area contributed by atoms with Gasteiger partial charge in [-0.05, 0) is 63.5 Å². The van der Waals surface area contributed by atoms with E-state index in [0.29, 0.717) is 13.0 Å². The van der Waals surface area contributed by atoms with E-state index in [4.69, 9.17) is 13.9 Å². The Kier molecular flexibility index (Phi) is 10.4. The van der Waals surface area contributed by atoms with Crippen molar-refractivity contribution in [2.75, 3.05) is 23.8 Å². The second-order valence-electron chi connectivity index (χ2n) is 13.9. The molecule has 0 spiro atoms. The third-order valence-electron chi connectivity index (χ3n) is 7.95. The second-order valence-corrected chi connectivity index (χ2v) is 18.7. The van der Waals surface area contributed by atoms with Crippen LogP contribution in [0.3, 0.4) is 0 Å². The molecule has 2 atom stereocenters. The number of amides is 1. The fourth-order valence-electron chi connectivity index (χ4n) is 4.61. The van der Waals surface area contributed by atoms with Gasteiger partial charge in [0.2, 0.25) is 5.95 Å². The molecule has 1 saturated heterocycles. The molecule has 0 bridgehead atoms. The average molecular weight is 673 g/mol. The third-order valence-corrected chi connectivity index (χ3v) is 12.5. The fraction of sp³-hybridized carbons (Fsp3) is 0.469. The van der Waals surface area contributed by atoms with E-state index in [1.54, 1.807) is 31.7 Å². The zero-order chi connectivity index (χ0) is 34.7. The first-order chi connectivity index (χ1) is 21.8. The van der Waals surface area contributed by atoms with Gasteiger partial charge in [-0.2, -0.15) is 4.98 Å². The molecule has 0 unspecified atom stereocenters. The lowest BCUT2D eigenvalue weighted by Gasteiger charge is -2.38. The molecule has 2 heterocycles. The predicted octanol–water partition coefficient (Wildman–Crippen LogP) is 7.93. The zero-order valence-electron chi connectivity index (χ0n) is 27.9. The van der Waals surface area contributed by atoms with Crippen LogP contribution in [-0.2, 0) is 9.16 Å². The number of carbonyl (C=O) groups is 1. The van der Waals surface area contributed by atoms with Crippen LogP contribution in [0.1, 0.15) is 48.0 Å².